The Labute approximate surface area is 120 Å². The highest BCUT2D eigenvalue weighted by Crippen LogP contribution is 2.01. The highest BCUT2D eigenvalue weighted by Gasteiger charge is 2.19. The number of aryl methyl sites for hydroxylation is 1. The number of aliphatic carboxylic acids is 1. The van der Waals surface area contributed by atoms with Crippen molar-refractivity contribution in [2.45, 2.75) is 25.8 Å². The molecule has 9 heteroatoms. The van der Waals surface area contributed by atoms with E-state index >= 15 is 0 Å². The van der Waals surface area contributed by atoms with Gasteiger partial charge in [-0.3, -0.25) is 0 Å². The molecule has 0 aliphatic rings. The van der Waals surface area contributed by atoms with E-state index in [0.29, 0.717) is 36.9 Å². The van der Waals surface area contributed by atoms with Gasteiger partial charge in [0.2, 0.25) is 5.89 Å². The largest absolute Gasteiger partial charge is 0.480 e. The van der Waals surface area contributed by atoms with Gasteiger partial charge in [-0.05, 0) is 25.4 Å². The van der Waals surface area contributed by atoms with E-state index in [0.717, 1.165) is 0 Å². The van der Waals surface area contributed by atoms with Crippen LogP contribution in [0.3, 0.4) is 0 Å². The Morgan fingerprint density at radius 2 is 2.25 bits per heavy atom. The minimum Gasteiger partial charge on any atom is -0.480 e. The summed E-state index contributed by atoms with van der Waals surface area (Å²) in [5.74, 6) is 0.590. The molecule has 0 aromatic carbocycles. The summed E-state index contributed by atoms with van der Waals surface area (Å²) >= 11 is 1.53. The highest BCUT2D eigenvalue weighted by atomic mass is 32.2. The van der Waals surface area contributed by atoms with Crippen molar-refractivity contribution in [3.8, 4) is 0 Å². The van der Waals surface area contributed by atoms with Gasteiger partial charge in [-0.15, -0.1) is 0 Å². The summed E-state index contributed by atoms with van der Waals surface area (Å²) < 4.78 is 4.89. The van der Waals surface area contributed by atoms with Gasteiger partial charge in [-0.1, -0.05) is 5.16 Å². The SMILES string of the molecule is CSCC[C@H](NC(=O)NCCc1nc(C)no1)C(=O)O. The van der Waals surface area contributed by atoms with Crippen LogP contribution in [-0.2, 0) is 11.2 Å². The van der Waals surface area contributed by atoms with E-state index < -0.39 is 18.0 Å². The molecule has 2 amide bonds. The molecular formula is C11H18N4O4S. The van der Waals surface area contributed by atoms with Crippen molar-refractivity contribution in [3.63, 3.8) is 0 Å². The summed E-state index contributed by atoms with van der Waals surface area (Å²) in [4.78, 5) is 26.5. The zero-order valence-electron chi connectivity index (χ0n) is 11.4. The molecule has 0 spiro atoms. The van der Waals surface area contributed by atoms with E-state index in [1.54, 1.807) is 6.92 Å². The number of aromatic nitrogens is 2. The lowest BCUT2D eigenvalue weighted by atomic mass is 10.2. The Morgan fingerprint density at radius 1 is 1.50 bits per heavy atom. The number of nitrogens with one attached hydrogen (secondary N) is 2. The zero-order valence-corrected chi connectivity index (χ0v) is 12.2. The predicted octanol–water partition coefficient (Wildman–Crippen LogP) is 0.426. The van der Waals surface area contributed by atoms with Crippen LogP contribution in [0.2, 0.25) is 0 Å². The van der Waals surface area contributed by atoms with Crippen LogP contribution in [-0.4, -0.2) is 51.8 Å². The molecule has 0 bridgehead atoms. The second-order valence-corrected chi connectivity index (χ2v) is 5.04. The molecule has 0 fully saturated rings. The van der Waals surface area contributed by atoms with Gasteiger partial charge in [0.1, 0.15) is 6.04 Å². The molecule has 8 nitrogen and oxygen atoms in total. The van der Waals surface area contributed by atoms with E-state index in [4.69, 9.17) is 9.63 Å². The molecule has 0 saturated heterocycles. The van der Waals surface area contributed by atoms with Gasteiger partial charge < -0.3 is 20.3 Å². The summed E-state index contributed by atoms with van der Waals surface area (Å²) in [5.41, 5.74) is 0. The van der Waals surface area contributed by atoms with E-state index in [1.807, 2.05) is 6.26 Å². The Bertz CT molecular complexity index is 451. The van der Waals surface area contributed by atoms with Crippen LogP contribution in [0.4, 0.5) is 4.79 Å². The quantitative estimate of drug-likeness (QED) is 0.637. The van der Waals surface area contributed by atoms with Crippen LogP contribution in [0.15, 0.2) is 4.52 Å². The number of amides is 2. The molecular weight excluding hydrogens is 284 g/mol. The lowest BCUT2D eigenvalue weighted by Crippen LogP contribution is -2.46. The average Bonchev–Trinajstić information content (AvgIpc) is 2.80. The maximum absolute atomic E-state index is 11.6. The Balaban J connectivity index is 2.28. The summed E-state index contributed by atoms with van der Waals surface area (Å²) in [6.45, 7) is 2.00. The molecule has 0 saturated carbocycles. The van der Waals surface area contributed by atoms with Gasteiger partial charge in [-0.2, -0.15) is 16.7 Å². The minimum absolute atomic E-state index is 0.294. The maximum Gasteiger partial charge on any atom is 0.326 e. The number of hydrogen-bond donors (Lipinski definition) is 3. The first-order valence-electron chi connectivity index (χ1n) is 6.08. The molecule has 20 heavy (non-hydrogen) atoms. The summed E-state index contributed by atoms with van der Waals surface area (Å²) in [6, 6.07) is -1.40. The van der Waals surface area contributed by atoms with Gasteiger partial charge in [0.15, 0.2) is 5.82 Å². The van der Waals surface area contributed by atoms with Gasteiger partial charge in [0.05, 0.1) is 0 Å². The lowest BCUT2D eigenvalue weighted by Gasteiger charge is -2.14. The first kappa shape index (κ1) is 16.3. The number of carboxylic acids is 1. The number of nitrogens with zero attached hydrogens (tertiary/aromatic N) is 2. The number of carboxylic acid groups (broad SMARTS) is 1. The summed E-state index contributed by atoms with van der Waals surface area (Å²) in [6.07, 6.45) is 2.66. The number of carbonyl (C=O) groups excluding carboxylic acids is 1. The minimum atomic E-state index is -1.04. The van der Waals surface area contributed by atoms with Crippen LogP contribution >= 0.6 is 11.8 Å². The van der Waals surface area contributed by atoms with Crippen LogP contribution in [0.5, 0.6) is 0 Å². The summed E-state index contributed by atoms with van der Waals surface area (Å²) in [7, 11) is 0. The second kappa shape index (κ2) is 8.41. The van der Waals surface area contributed by atoms with E-state index in [2.05, 4.69) is 20.8 Å². The van der Waals surface area contributed by atoms with Crippen LogP contribution in [0.1, 0.15) is 18.1 Å². The smallest absolute Gasteiger partial charge is 0.326 e. The number of hydrogen-bond acceptors (Lipinski definition) is 6. The van der Waals surface area contributed by atoms with Gasteiger partial charge in [0.25, 0.3) is 0 Å². The Hall–Kier alpha value is -1.77. The zero-order chi connectivity index (χ0) is 15.0. The topological polar surface area (TPSA) is 117 Å². The third-order valence-electron chi connectivity index (χ3n) is 2.41. The van der Waals surface area contributed by atoms with Crippen LogP contribution in [0.25, 0.3) is 0 Å². The van der Waals surface area contributed by atoms with Crippen molar-refractivity contribution in [1.82, 2.24) is 20.8 Å². The van der Waals surface area contributed by atoms with E-state index in [9.17, 15) is 9.59 Å². The Kier molecular flexibility index (Phi) is 6.85. The fourth-order valence-electron chi connectivity index (χ4n) is 1.43. The molecule has 0 unspecified atom stereocenters. The van der Waals surface area contributed by atoms with E-state index in [-0.39, 0.29) is 0 Å². The van der Waals surface area contributed by atoms with Gasteiger partial charge >= 0.3 is 12.0 Å². The molecule has 112 valence electrons. The van der Waals surface area contributed by atoms with Crippen LogP contribution < -0.4 is 10.6 Å². The predicted molar refractivity (Wildman–Crippen MR) is 73.7 cm³/mol. The molecule has 1 atom stereocenters. The average molecular weight is 302 g/mol. The van der Waals surface area contributed by atoms with Crippen molar-refractivity contribution in [3.05, 3.63) is 11.7 Å². The third-order valence-corrected chi connectivity index (χ3v) is 3.05. The molecule has 1 heterocycles. The number of urea groups is 1. The molecule has 0 radical (unpaired) electrons. The van der Waals surface area contributed by atoms with Crippen molar-refractivity contribution in [2.75, 3.05) is 18.6 Å². The van der Waals surface area contributed by atoms with Crippen molar-refractivity contribution < 1.29 is 19.2 Å². The first-order valence-corrected chi connectivity index (χ1v) is 7.47. The third kappa shape index (κ3) is 5.91. The normalized spacial score (nSPS) is 11.9. The van der Waals surface area contributed by atoms with Gasteiger partial charge in [0, 0.05) is 13.0 Å². The van der Waals surface area contributed by atoms with Crippen molar-refractivity contribution in [1.29, 1.82) is 0 Å². The molecule has 1 aromatic heterocycles. The van der Waals surface area contributed by atoms with Crippen molar-refractivity contribution >= 4 is 23.8 Å². The lowest BCUT2D eigenvalue weighted by molar-refractivity contribution is -0.139. The fourth-order valence-corrected chi connectivity index (χ4v) is 1.90. The molecule has 0 aliphatic heterocycles. The fraction of sp³-hybridized carbons (Fsp3) is 0.636. The number of carbonyl (C=O) groups is 2. The standard InChI is InChI=1S/C11H18N4O4S/c1-7-13-9(19-15-7)3-5-12-11(18)14-8(10(16)17)4-6-20-2/h8H,3-6H2,1-2H3,(H,16,17)(H2,12,14,18)/t8-/m0/s1. The Morgan fingerprint density at radius 3 is 2.80 bits per heavy atom. The monoisotopic (exact) mass is 302 g/mol. The number of rotatable bonds is 8. The molecule has 1 aromatic rings. The molecule has 3 N–H and O–H groups in total. The second-order valence-electron chi connectivity index (χ2n) is 4.06. The van der Waals surface area contributed by atoms with Gasteiger partial charge in [-0.25, -0.2) is 9.59 Å². The highest BCUT2D eigenvalue weighted by molar-refractivity contribution is 7.98. The summed E-state index contributed by atoms with van der Waals surface area (Å²) in [5, 5.41) is 17.6. The van der Waals surface area contributed by atoms with E-state index in [1.165, 1.54) is 11.8 Å². The number of thioether (sulfide) groups is 1. The van der Waals surface area contributed by atoms with Crippen molar-refractivity contribution in [2.24, 2.45) is 0 Å². The molecule has 1 rings (SSSR count). The molecule has 0 aliphatic carbocycles. The van der Waals surface area contributed by atoms with Crippen LogP contribution in [0, 0.1) is 6.92 Å². The maximum atomic E-state index is 11.6. The first-order chi connectivity index (χ1) is 9.52.